The second kappa shape index (κ2) is 5.84. The summed E-state index contributed by atoms with van der Waals surface area (Å²) in [7, 11) is 3.09. The van der Waals surface area contributed by atoms with Gasteiger partial charge in [-0.25, -0.2) is 0 Å². The average molecular weight is 206 g/mol. The van der Waals surface area contributed by atoms with Crippen molar-refractivity contribution in [1.82, 2.24) is 0 Å². The van der Waals surface area contributed by atoms with Gasteiger partial charge in [0.1, 0.15) is 5.75 Å². The minimum absolute atomic E-state index is 0. The van der Waals surface area contributed by atoms with Crippen LogP contribution in [0.1, 0.15) is 0 Å². The Morgan fingerprint density at radius 3 is 2.54 bits per heavy atom. The minimum Gasteiger partial charge on any atom is -0.758 e. The summed E-state index contributed by atoms with van der Waals surface area (Å²) in [4.78, 5) is 0. The molecule has 0 saturated heterocycles. The summed E-state index contributed by atoms with van der Waals surface area (Å²) >= 11 is 0. The Labute approximate surface area is 120 Å². The summed E-state index contributed by atoms with van der Waals surface area (Å²) in [6, 6.07) is 4.63. The quantitative estimate of drug-likeness (QED) is 0.347. The van der Waals surface area contributed by atoms with E-state index in [0.717, 1.165) is 5.06 Å². The molecule has 0 aromatic heterocycles. The third-order valence-corrected chi connectivity index (χ3v) is 1.61. The smallest absolute Gasteiger partial charge is 0.758 e. The number of hydroxylamine groups is 1. The van der Waals surface area contributed by atoms with Crippen molar-refractivity contribution in [2.45, 2.75) is 0 Å². The summed E-state index contributed by atoms with van der Waals surface area (Å²) in [5.41, 5.74) is 1.06. The molecule has 5 heteroatoms. The van der Waals surface area contributed by atoms with Crippen molar-refractivity contribution < 1.29 is 56.5 Å². The summed E-state index contributed by atoms with van der Waals surface area (Å²) < 4.78 is 0. The SMILES string of the molecule is CNc1cc(N(C)[O-])ccc1O.[K+]. The monoisotopic (exact) mass is 206 g/mol. The first kappa shape index (κ1) is 13.2. The molecule has 13 heavy (non-hydrogen) atoms. The van der Waals surface area contributed by atoms with E-state index in [2.05, 4.69) is 5.32 Å². The number of anilines is 2. The molecule has 0 spiro atoms. The van der Waals surface area contributed by atoms with E-state index in [0.29, 0.717) is 11.4 Å². The zero-order valence-electron chi connectivity index (χ0n) is 8.03. The van der Waals surface area contributed by atoms with E-state index in [1.165, 1.54) is 13.1 Å². The molecule has 1 rings (SSSR count). The molecule has 0 aliphatic rings. The van der Waals surface area contributed by atoms with E-state index < -0.39 is 0 Å². The third-order valence-electron chi connectivity index (χ3n) is 1.61. The molecular weight excluding hydrogens is 195 g/mol. The van der Waals surface area contributed by atoms with Crippen molar-refractivity contribution in [2.75, 3.05) is 24.5 Å². The molecule has 0 amide bonds. The van der Waals surface area contributed by atoms with Crippen LogP contribution in [0, 0.1) is 5.21 Å². The molecular formula is C8H11KN2O2. The first-order valence-corrected chi connectivity index (χ1v) is 3.57. The number of hydrogen-bond donors (Lipinski definition) is 2. The summed E-state index contributed by atoms with van der Waals surface area (Å²) in [5, 5.41) is 23.6. The maximum absolute atomic E-state index is 10.8. The molecule has 1 aromatic rings. The Hall–Kier alpha value is 0.216. The van der Waals surface area contributed by atoms with Gasteiger partial charge < -0.3 is 20.7 Å². The van der Waals surface area contributed by atoms with E-state index in [9.17, 15) is 10.3 Å². The molecule has 66 valence electrons. The fourth-order valence-corrected chi connectivity index (χ4v) is 0.920. The van der Waals surface area contributed by atoms with Gasteiger partial charge >= 0.3 is 51.4 Å². The molecule has 2 N–H and O–H groups in total. The molecule has 0 aliphatic heterocycles. The van der Waals surface area contributed by atoms with Gasteiger partial charge in [0.15, 0.2) is 0 Å². The van der Waals surface area contributed by atoms with Crippen LogP contribution in [0.5, 0.6) is 5.75 Å². The fraction of sp³-hybridized carbons (Fsp3) is 0.250. The second-order valence-corrected chi connectivity index (χ2v) is 2.45. The van der Waals surface area contributed by atoms with E-state index >= 15 is 0 Å². The standard InChI is InChI=1S/C8H11N2O2.K/c1-9-7-5-6(10(2)12)3-4-8(7)11;/h3-5,9,11H,1-2H3;/q-1;+1. The van der Waals surface area contributed by atoms with Crippen molar-refractivity contribution in [3.63, 3.8) is 0 Å². The average Bonchev–Trinajstić information content (AvgIpc) is 2.05. The maximum atomic E-state index is 10.8. The van der Waals surface area contributed by atoms with Gasteiger partial charge in [-0.3, -0.25) is 0 Å². The topological polar surface area (TPSA) is 58.6 Å². The molecule has 4 nitrogen and oxygen atoms in total. The normalized spacial score (nSPS) is 8.85. The predicted molar refractivity (Wildman–Crippen MR) is 49.4 cm³/mol. The summed E-state index contributed by atoms with van der Waals surface area (Å²) in [5.74, 6) is 0.142. The first-order chi connectivity index (χ1) is 5.65. The van der Waals surface area contributed by atoms with Gasteiger partial charge in [-0.15, -0.1) is 0 Å². The van der Waals surface area contributed by atoms with Gasteiger partial charge in [0.25, 0.3) is 0 Å². The molecule has 0 saturated carbocycles. The van der Waals surface area contributed by atoms with Gasteiger partial charge in [-0.2, -0.15) is 0 Å². The molecule has 1 aromatic carbocycles. The molecule has 0 bridgehead atoms. The molecule has 0 radical (unpaired) electrons. The van der Waals surface area contributed by atoms with Crippen molar-refractivity contribution in [3.8, 4) is 5.75 Å². The zero-order valence-corrected chi connectivity index (χ0v) is 11.2. The van der Waals surface area contributed by atoms with Crippen molar-refractivity contribution >= 4 is 11.4 Å². The van der Waals surface area contributed by atoms with Gasteiger partial charge in [-0.05, 0) is 25.2 Å². The van der Waals surface area contributed by atoms with Gasteiger partial charge in [0.2, 0.25) is 0 Å². The maximum Gasteiger partial charge on any atom is 1.00 e. The van der Waals surface area contributed by atoms with Gasteiger partial charge in [0.05, 0.1) is 5.69 Å². The number of nitrogens with zero attached hydrogens (tertiary/aromatic N) is 1. The Kier molecular flexibility index (Phi) is 5.94. The van der Waals surface area contributed by atoms with Crippen molar-refractivity contribution in [2.24, 2.45) is 0 Å². The van der Waals surface area contributed by atoms with Gasteiger partial charge in [0, 0.05) is 12.7 Å². The number of hydrogen-bond acceptors (Lipinski definition) is 4. The number of rotatable bonds is 2. The Bertz CT molecular complexity index is 279. The number of nitrogens with one attached hydrogen (secondary N) is 1. The van der Waals surface area contributed by atoms with Crippen LogP contribution in [-0.4, -0.2) is 19.2 Å². The molecule has 0 unspecified atom stereocenters. The van der Waals surface area contributed by atoms with E-state index in [1.54, 1.807) is 19.2 Å². The van der Waals surface area contributed by atoms with Gasteiger partial charge in [-0.1, -0.05) is 0 Å². The van der Waals surface area contributed by atoms with Crippen molar-refractivity contribution in [3.05, 3.63) is 23.4 Å². The molecule has 0 fully saturated rings. The largest absolute Gasteiger partial charge is 1.00 e. The summed E-state index contributed by atoms with van der Waals surface area (Å²) in [6.45, 7) is 0. The van der Waals surface area contributed by atoms with Crippen LogP contribution in [0.2, 0.25) is 0 Å². The zero-order chi connectivity index (χ0) is 9.14. The van der Waals surface area contributed by atoms with Crippen LogP contribution in [-0.2, 0) is 0 Å². The van der Waals surface area contributed by atoms with E-state index in [4.69, 9.17) is 0 Å². The third kappa shape index (κ3) is 3.45. The number of benzene rings is 1. The second-order valence-electron chi connectivity index (χ2n) is 2.45. The van der Waals surface area contributed by atoms with Crippen LogP contribution >= 0.6 is 0 Å². The number of aromatic hydroxyl groups is 1. The Morgan fingerprint density at radius 1 is 1.46 bits per heavy atom. The van der Waals surface area contributed by atoms with Crippen LogP contribution in [0.25, 0.3) is 0 Å². The van der Waals surface area contributed by atoms with Crippen LogP contribution in [0.15, 0.2) is 18.2 Å². The van der Waals surface area contributed by atoms with Crippen LogP contribution < -0.4 is 61.8 Å². The molecule has 0 atom stereocenters. The van der Waals surface area contributed by atoms with Crippen LogP contribution in [0.4, 0.5) is 11.4 Å². The minimum atomic E-state index is 0. The predicted octanol–water partition coefficient (Wildman–Crippen LogP) is -1.63. The molecule has 0 aliphatic carbocycles. The first-order valence-electron chi connectivity index (χ1n) is 3.57. The Morgan fingerprint density at radius 2 is 2.08 bits per heavy atom. The van der Waals surface area contributed by atoms with Crippen LogP contribution in [0.3, 0.4) is 0 Å². The van der Waals surface area contributed by atoms with Crippen molar-refractivity contribution in [1.29, 1.82) is 0 Å². The Balaban J connectivity index is 0.00000144. The number of phenolic OH excluding ortho intramolecular Hbond substituents is 1. The summed E-state index contributed by atoms with van der Waals surface area (Å²) in [6.07, 6.45) is 0. The number of phenols is 1. The van der Waals surface area contributed by atoms with E-state index in [1.807, 2.05) is 0 Å². The molecule has 0 heterocycles. The fourth-order valence-electron chi connectivity index (χ4n) is 0.920. The van der Waals surface area contributed by atoms with E-state index in [-0.39, 0.29) is 57.1 Å².